The van der Waals surface area contributed by atoms with Gasteiger partial charge in [-0.3, -0.25) is 19.3 Å². The highest BCUT2D eigenvalue weighted by Crippen LogP contribution is 2.27. The van der Waals surface area contributed by atoms with Crippen molar-refractivity contribution in [1.82, 2.24) is 10.2 Å². The summed E-state index contributed by atoms with van der Waals surface area (Å²) in [6, 6.07) is 31.6. The van der Waals surface area contributed by atoms with Crippen molar-refractivity contribution in [2.24, 2.45) is 5.92 Å². The molecule has 0 saturated carbocycles. The van der Waals surface area contributed by atoms with Gasteiger partial charge < -0.3 is 20.3 Å². The number of likely N-dealkylation sites (tertiary alicyclic amines) is 1. The molecule has 9 nitrogen and oxygen atoms in total. The van der Waals surface area contributed by atoms with Gasteiger partial charge in [-0.1, -0.05) is 111 Å². The van der Waals surface area contributed by atoms with E-state index in [1.54, 1.807) is 37.1 Å². The molecule has 5 rings (SSSR count). The molecule has 0 spiro atoms. The number of rotatable bonds is 17. The molecule has 1 saturated heterocycles. The molecule has 0 unspecified atom stereocenters. The van der Waals surface area contributed by atoms with Gasteiger partial charge in [0.25, 0.3) is 0 Å². The van der Waals surface area contributed by atoms with Crippen LogP contribution in [0.2, 0.25) is 0 Å². The fourth-order valence-electron chi connectivity index (χ4n) is 6.88. The number of anilines is 2. The van der Waals surface area contributed by atoms with Crippen LogP contribution in [0.15, 0.2) is 103 Å². The number of para-hydroxylation sites is 1. The molecule has 0 aromatic heterocycles. The molecule has 1 atom stereocenters. The maximum Gasteiger partial charge on any atom is 0.321 e. The number of amides is 3. The quantitative estimate of drug-likeness (QED) is 0.0641. The number of ketones is 1. The van der Waals surface area contributed by atoms with E-state index in [0.29, 0.717) is 62.3 Å². The molecule has 4 aromatic carbocycles. The third-order valence-corrected chi connectivity index (χ3v) is 10.1. The summed E-state index contributed by atoms with van der Waals surface area (Å²) in [6.07, 6.45) is 7.17. The fourth-order valence-corrected chi connectivity index (χ4v) is 6.88. The Hall–Kier alpha value is -5.44. The fraction of sp³-hybridized carbons (Fsp3) is 0.378. The molecule has 1 aliphatic rings. The van der Waals surface area contributed by atoms with Crippen molar-refractivity contribution in [3.63, 3.8) is 0 Å². The summed E-state index contributed by atoms with van der Waals surface area (Å²) in [5.41, 5.74) is 5.35. The summed E-state index contributed by atoms with van der Waals surface area (Å²) < 4.78 is 5.25. The molecular weight excluding hydrogens is 677 g/mol. The normalized spacial score (nSPS) is 13.5. The van der Waals surface area contributed by atoms with Crippen molar-refractivity contribution < 1.29 is 23.9 Å². The average molecular weight is 731 g/mol. The van der Waals surface area contributed by atoms with Crippen LogP contribution < -0.4 is 15.5 Å². The number of urea groups is 1. The Morgan fingerprint density at radius 1 is 0.796 bits per heavy atom. The first-order valence-corrected chi connectivity index (χ1v) is 19.4. The van der Waals surface area contributed by atoms with E-state index < -0.39 is 6.04 Å². The zero-order valence-electron chi connectivity index (χ0n) is 31.9. The number of hydrogen-bond donors (Lipinski definition) is 2. The second kappa shape index (κ2) is 20.1. The molecule has 9 heteroatoms. The first-order valence-electron chi connectivity index (χ1n) is 19.4. The summed E-state index contributed by atoms with van der Waals surface area (Å²) in [4.78, 5) is 56.6. The Labute approximate surface area is 320 Å². The number of carbonyl (C=O) groups excluding carboxylic acids is 4. The second-order valence-corrected chi connectivity index (χ2v) is 13.9. The van der Waals surface area contributed by atoms with Crippen molar-refractivity contribution in [2.75, 3.05) is 43.5 Å². The van der Waals surface area contributed by atoms with E-state index >= 15 is 0 Å². The number of ether oxygens (including phenoxy) is 1. The molecule has 1 fully saturated rings. The molecule has 2 N–H and O–H groups in total. The van der Waals surface area contributed by atoms with Crippen LogP contribution in [0, 0.1) is 5.92 Å². The van der Waals surface area contributed by atoms with Gasteiger partial charge in [-0.25, -0.2) is 4.79 Å². The third kappa shape index (κ3) is 10.8. The van der Waals surface area contributed by atoms with Crippen LogP contribution in [-0.4, -0.2) is 67.9 Å². The van der Waals surface area contributed by atoms with Gasteiger partial charge in [0.2, 0.25) is 5.91 Å². The topological polar surface area (TPSA) is 108 Å². The minimum absolute atomic E-state index is 0.0849. The van der Waals surface area contributed by atoms with Crippen LogP contribution >= 0.6 is 0 Å². The van der Waals surface area contributed by atoms with E-state index in [0.717, 1.165) is 35.2 Å². The van der Waals surface area contributed by atoms with E-state index in [-0.39, 0.29) is 29.6 Å². The lowest BCUT2D eigenvalue weighted by molar-refractivity contribution is -0.151. The van der Waals surface area contributed by atoms with E-state index in [9.17, 15) is 19.2 Å². The highest BCUT2D eigenvalue weighted by molar-refractivity contribution is 6.12. The second-order valence-electron chi connectivity index (χ2n) is 13.9. The van der Waals surface area contributed by atoms with Gasteiger partial charge in [0, 0.05) is 55.6 Å². The van der Waals surface area contributed by atoms with E-state index in [1.807, 2.05) is 89.8 Å². The smallest absolute Gasteiger partial charge is 0.321 e. The van der Waals surface area contributed by atoms with Gasteiger partial charge in [-0.15, -0.1) is 0 Å². The van der Waals surface area contributed by atoms with Gasteiger partial charge in [0.05, 0.1) is 12.5 Å². The predicted octanol–water partition coefficient (Wildman–Crippen LogP) is 8.53. The Morgan fingerprint density at radius 2 is 1.50 bits per heavy atom. The molecule has 54 heavy (non-hydrogen) atoms. The van der Waals surface area contributed by atoms with Gasteiger partial charge in [0.15, 0.2) is 5.78 Å². The van der Waals surface area contributed by atoms with Crippen LogP contribution in [0.5, 0.6) is 0 Å². The molecule has 3 amide bonds. The number of carbonyl (C=O) groups is 4. The number of hydrogen-bond acceptors (Lipinski definition) is 6. The summed E-state index contributed by atoms with van der Waals surface area (Å²) in [5.74, 6) is -0.637. The maximum absolute atomic E-state index is 14.3. The average Bonchev–Trinajstić information content (AvgIpc) is 3.22. The van der Waals surface area contributed by atoms with E-state index in [1.165, 1.54) is 19.3 Å². The number of nitrogens with one attached hydrogen (secondary N) is 2. The zero-order valence-corrected chi connectivity index (χ0v) is 31.9. The van der Waals surface area contributed by atoms with Gasteiger partial charge in [0.1, 0.15) is 6.04 Å². The Bertz CT molecular complexity index is 1840. The van der Waals surface area contributed by atoms with Gasteiger partial charge >= 0.3 is 12.0 Å². The van der Waals surface area contributed by atoms with Gasteiger partial charge in [-0.05, 0) is 67.1 Å². The lowest BCUT2D eigenvalue weighted by Crippen LogP contribution is -2.48. The number of benzene rings is 4. The Kier molecular flexibility index (Phi) is 14.8. The van der Waals surface area contributed by atoms with Crippen molar-refractivity contribution in [3.8, 4) is 11.1 Å². The molecule has 0 radical (unpaired) electrons. The van der Waals surface area contributed by atoms with Crippen LogP contribution in [0.3, 0.4) is 0 Å². The number of unbranched alkanes of at least 4 members (excludes halogenated alkanes) is 4. The first kappa shape index (κ1) is 39.8. The molecule has 1 aliphatic heterocycles. The maximum atomic E-state index is 14.3. The lowest BCUT2D eigenvalue weighted by Gasteiger charge is -2.34. The Balaban J connectivity index is 1.31. The lowest BCUT2D eigenvalue weighted by atomic mass is 9.95. The summed E-state index contributed by atoms with van der Waals surface area (Å²) in [6.45, 7) is 5.89. The number of esters is 1. The monoisotopic (exact) mass is 730 g/mol. The van der Waals surface area contributed by atoms with Crippen molar-refractivity contribution in [2.45, 2.75) is 71.3 Å². The zero-order chi connectivity index (χ0) is 38.3. The molecule has 284 valence electrons. The molecular formula is C45H54N4O5. The highest BCUT2D eigenvalue weighted by atomic mass is 16.5. The van der Waals surface area contributed by atoms with E-state index in [4.69, 9.17) is 4.74 Å². The van der Waals surface area contributed by atoms with Crippen molar-refractivity contribution in [1.29, 1.82) is 0 Å². The summed E-state index contributed by atoms with van der Waals surface area (Å²) in [7, 11) is 1.78. The van der Waals surface area contributed by atoms with Crippen LogP contribution in [0.25, 0.3) is 11.1 Å². The molecule has 0 bridgehead atoms. The largest absolute Gasteiger partial charge is 0.466 e. The highest BCUT2D eigenvalue weighted by Gasteiger charge is 2.32. The van der Waals surface area contributed by atoms with Gasteiger partial charge in [-0.2, -0.15) is 0 Å². The Morgan fingerprint density at radius 3 is 2.22 bits per heavy atom. The standard InChI is InChI=1S/C45H54N4O5/c1-4-6-7-8-14-28-46-45(53)48(3)38-19-15-18-37(32-38)34-24-22-33(23-25-34)31-41(43(51)49-29-26-36(27-30-49)44(52)54-5-2)47-40-21-13-12-20-39(40)42(50)35-16-10-9-11-17-35/h9-13,15-25,32,36,41,47H,4-8,14,26-31H2,1-3H3,(H,46,53)/t41-/m0/s1. The summed E-state index contributed by atoms with van der Waals surface area (Å²) >= 11 is 0. The number of nitrogens with zero attached hydrogens (tertiary/aromatic N) is 2. The minimum atomic E-state index is -0.665. The third-order valence-electron chi connectivity index (χ3n) is 10.1. The van der Waals surface area contributed by atoms with Crippen LogP contribution in [0.1, 0.15) is 80.3 Å². The molecule has 0 aliphatic carbocycles. The van der Waals surface area contributed by atoms with E-state index in [2.05, 4.69) is 17.6 Å². The van der Waals surface area contributed by atoms with Crippen LogP contribution in [0.4, 0.5) is 16.2 Å². The molecule has 1 heterocycles. The SMILES string of the molecule is CCCCCCCNC(=O)N(C)c1cccc(-c2ccc(C[C@H](Nc3ccccc3C(=O)c3ccccc3)C(=O)N3CCC(C(=O)OCC)CC3)cc2)c1. The number of piperidine rings is 1. The first-order chi connectivity index (χ1) is 26.3. The predicted molar refractivity (Wildman–Crippen MR) is 216 cm³/mol. The van der Waals surface area contributed by atoms with Crippen molar-refractivity contribution in [3.05, 3.63) is 120 Å². The molecule has 4 aromatic rings. The summed E-state index contributed by atoms with van der Waals surface area (Å²) in [5, 5.41) is 6.49. The van der Waals surface area contributed by atoms with Crippen LogP contribution in [-0.2, 0) is 20.7 Å². The minimum Gasteiger partial charge on any atom is -0.466 e. The van der Waals surface area contributed by atoms with Crippen molar-refractivity contribution >= 4 is 35.1 Å².